The van der Waals surface area contributed by atoms with Crippen LogP contribution in [-0.2, 0) is 38.2 Å². The number of aromatic nitrogens is 1. The molecule has 6 rings (SSSR count). The lowest BCUT2D eigenvalue weighted by molar-refractivity contribution is -0.144. The number of halogens is 3. The monoisotopic (exact) mass is 607 g/mol. The minimum Gasteiger partial charge on any atom is -0.379 e. The van der Waals surface area contributed by atoms with Gasteiger partial charge in [-0.25, -0.2) is 0 Å². The third-order valence-corrected chi connectivity index (χ3v) is 10.5. The zero-order valence-electron chi connectivity index (χ0n) is 25.0. The number of nitrogens with zero attached hydrogens (tertiary/aromatic N) is 4. The lowest BCUT2D eigenvalue weighted by atomic mass is 9.78. The number of amides is 2. The summed E-state index contributed by atoms with van der Waals surface area (Å²) in [7, 11) is 1.68. The molecule has 0 aromatic carbocycles. The van der Waals surface area contributed by atoms with Gasteiger partial charge in [0.25, 0.3) is 0 Å². The van der Waals surface area contributed by atoms with Crippen molar-refractivity contribution in [2.75, 3.05) is 59.6 Å². The molecule has 1 aliphatic carbocycles. The molecule has 4 fully saturated rings. The van der Waals surface area contributed by atoms with E-state index in [2.05, 4.69) is 15.2 Å². The first-order chi connectivity index (χ1) is 20.7. The van der Waals surface area contributed by atoms with Crippen LogP contribution in [0.25, 0.3) is 0 Å². The van der Waals surface area contributed by atoms with Crippen LogP contribution in [0.5, 0.6) is 0 Å². The topological polar surface area (TPSA) is 87.2 Å². The van der Waals surface area contributed by atoms with Gasteiger partial charge in [-0.15, -0.1) is 0 Å². The van der Waals surface area contributed by atoms with E-state index in [1.807, 2.05) is 4.90 Å². The Morgan fingerprint density at radius 1 is 1.19 bits per heavy atom. The van der Waals surface area contributed by atoms with Crippen LogP contribution < -0.4 is 5.32 Å². The number of piperidine rings is 1. The standard InChI is InChI=1S/C31H44F3N5O4/c1-42-27-19-43-12-7-26(27)36-24-14-23-18-39(28(40)6-10-37-8-3-2-4-9-37)20-30(23,15-24)29(41)38-11-5-25-21(17-38)13-22(16-35-25)31(32,33)34/h13,16,23-24,26-27,36H,2-12,14-15,17-20H2,1H3/t23-,24+,26-,27+,30-/m0/s1. The summed E-state index contributed by atoms with van der Waals surface area (Å²) in [5, 5.41) is 3.76. The Bertz CT molecular complexity index is 1180. The van der Waals surface area contributed by atoms with Crippen LogP contribution in [-0.4, -0.2) is 109 Å². The second-order valence-corrected chi connectivity index (χ2v) is 13.1. The van der Waals surface area contributed by atoms with Gasteiger partial charge in [-0.1, -0.05) is 6.42 Å². The van der Waals surface area contributed by atoms with Gasteiger partial charge in [0.05, 0.1) is 23.7 Å². The van der Waals surface area contributed by atoms with Crippen LogP contribution in [0, 0.1) is 11.3 Å². The van der Waals surface area contributed by atoms with Crippen molar-refractivity contribution in [2.45, 2.75) is 82.3 Å². The van der Waals surface area contributed by atoms with Gasteiger partial charge < -0.3 is 29.5 Å². The number of fused-ring (bicyclic) bond motifs is 2. The number of carbonyl (C=O) groups is 2. The summed E-state index contributed by atoms with van der Waals surface area (Å²) in [5.74, 6) is 0.0216. The molecule has 2 amide bonds. The Morgan fingerprint density at radius 3 is 2.77 bits per heavy atom. The fraction of sp³-hybridized carbons (Fsp3) is 0.774. The van der Waals surface area contributed by atoms with E-state index in [1.54, 1.807) is 12.0 Å². The van der Waals surface area contributed by atoms with Crippen molar-refractivity contribution in [2.24, 2.45) is 11.3 Å². The lowest BCUT2D eigenvalue weighted by Crippen LogP contribution is -2.52. The van der Waals surface area contributed by atoms with E-state index < -0.39 is 17.2 Å². The number of hydrogen-bond donors (Lipinski definition) is 1. The fourth-order valence-corrected chi connectivity index (χ4v) is 8.12. The van der Waals surface area contributed by atoms with Crippen molar-refractivity contribution < 1.29 is 32.2 Å². The Hall–Kier alpha value is -2.28. The van der Waals surface area contributed by atoms with Crippen LogP contribution in [0.4, 0.5) is 13.2 Å². The van der Waals surface area contributed by atoms with Gasteiger partial charge in [0.15, 0.2) is 0 Å². The van der Waals surface area contributed by atoms with E-state index in [1.165, 1.54) is 19.3 Å². The predicted octanol–water partition coefficient (Wildman–Crippen LogP) is 2.86. The van der Waals surface area contributed by atoms with Gasteiger partial charge in [-0.2, -0.15) is 13.2 Å². The summed E-state index contributed by atoms with van der Waals surface area (Å²) in [5.41, 5.74) is -0.494. The van der Waals surface area contributed by atoms with Crippen LogP contribution in [0.2, 0.25) is 0 Å². The molecule has 4 aliphatic heterocycles. The summed E-state index contributed by atoms with van der Waals surface area (Å²) < 4.78 is 51.6. The van der Waals surface area contributed by atoms with Crippen molar-refractivity contribution >= 4 is 11.8 Å². The number of likely N-dealkylation sites (tertiary alicyclic amines) is 2. The van der Waals surface area contributed by atoms with Crippen molar-refractivity contribution in [3.8, 4) is 0 Å². The number of carbonyl (C=O) groups excluding carboxylic acids is 2. The van der Waals surface area contributed by atoms with Crippen LogP contribution in [0.1, 0.15) is 61.8 Å². The number of alkyl halides is 3. The molecule has 3 saturated heterocycles. The van der Waals surface area contributed by atoms with Crippen molar-refractivity contribution in [3.05, 3.63) is 29.1 Å². The first-order valence-electron chi connectivity index (χ1n) is 15.9. The summed E-state index contributed by atoms with van der Waals surface area (Å²) in [6.07, 6.45) is 2.93. The molecule has 0 spiro atoms. The summed E-state index contributed by atoms with van der Waals surface area (Å²) in [4.78, 5) is 38.0. The van der Waals surface area contributed by atoms with Crippen LogP contribution in [0.3, 0.4) is 0 Å². The van der Waals surface area contributed by atoms with Crippen LogP contribution in [0.15, 0.2) is 12.3 Å². The molecule has 43 heavy (non-hydrogen) atoms. The molecule has 1 aromatic rings. The maximum atomic E-state index is 14.5. The molecule has 12 heteroatoms. The van der Waals surface area contributed by atoms with Crippen molar-refractivity contribution in [3.63, 3.8) is 0 Å². The number of pyridine rings is 1. The highest BCUT2D eigenvalue weighted by atomic mass is 19.4. The van der Waals surface area contributed by atoms with Gasteiger partial charge in [0.2, 0.25) is 11.8 Å². The SMILES string of the molecule is CO[C@@H]1COCC[C@@H]1N[C@@H]1C[C@H]2CN(C(=O)CCN3CCCCC3)C[C@@]2(C(=O)N2CCc3ncc(C(F)(F)F)cc3C2)C1. The molecular weight excluding hydrogens is 563 g/mol. The average Bonchev–Trinajstić information content (AvgIpc) is 3.54. The molecule has 5 atom stereocenters. The zero-order chi connectivity index (χ0) is 30.2. The first kappa shape index (κ1) is 30.7. The highest BCUT2D eigenvalue weighted by Gasteiger charge is 2.59. The number of nitrogens with one attached hydrogen (secondary N) is 1. The number of ether oxygens (including phenoxy) is 2. The molecule has 0 unspecified atom stereocenters. The molecule has 5 heterocycles. The Morgan fingerprint density at radius 2 is 2.00 bits per heavy atom. The highest BCUT2D eigenvalue weighted by Crippen LogP contribution is 2.51. The molecule has 0 bridgehead atoms. The molecule has 9 nitrogen and oxygen atoms in total. The minimum absolute atomic E-state index is 0.0155. The molecule has 5 aliphatic rings. The molecule has 0 radical (unpaired) electrons. The molecule has 238 valence electrons. The maximum absolute atomic E-state index is 14.5. The fourth-order valence-electron chi connectivity index (χ4n) is 8.12. The smallest absolute Gasteiger partial charge is 0.379 e. The second-order valence-electron chi connectivity index (χ2n) is 13.1. The van der Waals surface area contributed by atoms with Gasteiger partial charge in [0.1, 0.15) is 0 Å². The van der Waals surface area contributed by atoms with E-state index in [9.17, 15) is 22.8 Å². The summed E-state index contributed by atoms with van der Waals surface area (Å²) in [6, 6.07) is 1.33. The third kappa shape index (κ3) is 6.43. The molecule has 1 aromatic heterocycles. The van der Waals surface area contributed by atoms with Gasteiger partial charge >= 0.3 is 6.18 Å². The molecule has 1 saturated carbocycles. The minimum atomic E-state index is -4.49. The lowest BCUT2D eigenvalue weighted by Gasteiger charge is -2.38. The largest absolute Gasteiger partial charge is 0.417 e. The number of hydrogen-bond acceptors (Lipinski definition) is 7. The van der Waals surface area contributed by atoms with E-state index in [0.717, 1.165) is 44.7 Å². The van der Waals surface area contributed by atoms with E-state index in [4.69, 9.17) is 9.47 Å². The summed E-state index contributed by atoms with van der Waals surface area (Å²) >= 11 is 0. The highest BCUT2D eigenvalue weighted by molar-refractivity contribution is 5.86. The average molecular weight is 608 g/mol. The maximum Gasteiger partial charge on any atom is 0.417 e. The number of rotatable bonds is 7. The van der Waals surface area contributed by atoms with E-state index in [0.29, 0.717) is 63.4 Å². The Balaban J connectivity index is 1.19. The van der Waals surface area contributed by atoms with Gasteiger partial charge in [-0.05, 0) is 62.7 Å². The molecular formula is C31H44F3N5O4. The Labute approximate surface area is 251 Å². The van der Waals surface area contributed by atoms with Crippen molar-refractivity contribution in [1.29, 1.82) is 0 Å². The van der Waals surface area contributed by atoms with Gasteiger partial charge in [-0.3, -0.25) is 14.6 Å². The number of methoxy groups -OCH3 is 1. The zero-order valence-corrected chi connectivity index (χ0v) is 25.0. The first-order valence-corrected chi connectivity index (χ1v) is 15.9. The Kier molecular flexibility index (Phi) is 9.01. The van der Waals surface area contributed by atoms with E-state index >= 15 is 0 Å². The predicted molar refractivity (Wildman–Crippen MR) is 152 cm³/mol. The second kappa shape index (κ2) is 12.6. The normalized spacial score (nSPS) is 31.6. The van der Waals surface area contributed by atoms with Crippen LogP contribution >= 0.6 is 0 Å². The molecule has 1 N–H and O–H groups in total. The third-order valence-electron chi connectivity index (χ3n) is 10.5. The quantitative estimate of drug-likeness (QED) is 0.510. The van der Waals surface area contributed by atoms with Gasteiger partial charge in [0, 0.05) is 83.3 Å². The van der Waals surface area contributed by atoms with E-state index in [-0.39, 0.29) is 42.5 Å². The summed E-state index contributed by atoms with van der Waals surface area (Å²) in [6.45, 7) is 5.38. The van der Waals surface area contributed by atoms with Crippen molar-refractivity contribution in [1.82, 2.24) is 25.0 Å².